The number of carbonyl (C=O) groups excluding carboxylic acids is 2. The van der Waals surface area contributed by atoms with Crippen LogP contribution in [0.5, 0.6) is 0 Å². The highest BCUT2D eigenvalue weighted by atomic mass is 32.1. The van der Waals surface area contributed by atoms with Gasteiger partial charge in [0, 0.05) is 34.7 Å². The number of amides is 1. The average molecular weight is 547 g/mol. The van der Waals surface area contributed by atoms with Gasteiger partial charge in [-0.1, -0.05) is 13.5 Å². The van der Waals surface area contributed by atoms with Crippen LogP contribution in [0.15, 0.2) is 41.8 Å². The van der Waals surface area contributed by atoms with Gasteiger partial charge in [0.15, 0.2) is 5.65 Å². The van der Waals surface area contributed by atoms with Crippen LogP contribution in [0.2, 0.25) is 0 Å². The third-order valence-corrected chi connectivity index (χ3v) is 9.20. The van der Waals surface area contributed by atoms with Crippen molar-refractivity contribution < 1.29 is 18.7 Å². The monoisotopic (exact) mass is 546 g/mol. The van der Waals surface area contributed by atoms with Crippen molar-refractivity contribution in [3.63, 3.8) is 0 Å². The first kappa shape index (κ1) is 25.7. The molecule has 0 radical (unpaired) electrons. The molecular formula is C30H31FN4O3S. The number of esters is 1. The fourth-order valence-corrected chi connectivity index (χ4v) is 6.75. The molecule has 0 bridgehead atoms. The molecule has 1 amide bonds. The molecule has 2 aliphatic carbocycles. The Balaban J connectivity index is 0.00000277. The highest BCUT2D eigenvalue weighted by Crippen LogP contribution is 2.48. The summed E-state index contributed by atoms with van der Waals surface area (Å²) in [6.45, 7) is 2.74. The summed E-state index contributed by atoms with van der Waals surface area (Å²) in [6, 6.07) is 10.8. The predicted molar refractivity (Wildman–Crippen MR) is 147 cm³/mol. The van der Waals surface area contributed by atoms with Crippen LogP contribution in [0.4, 0.5) is 4.39 Å². The Kier molecular flexibility index (Phi) is 6.29. The van der Waals surface area contributed by atoms with Gasteiger partial charge in [-0.25, -0.2) is 13.9 Å². The number of benzene rings is 1. The van der Waals surface area contributed by atoms with Gasteiger partial charge in [-0.3, -0.25) is 9.59 Å². The van der Waals surface area contributed by atoms with Gasteiger partial charge in [0.05, 0.1) is 24.8 Å². The molecule has 202 valence electrons. The van der Waals surface area contributed by atoms with Crippen molar-refractivity contribution in [2.75, 3.05) is 13.7 Å². The van der Waals surface area contributed by atoms with E-state index in [2.05, 4.69) is 18.4 Å². The van der Waals surface area contributed by atoms with Crippen molar-refractivity contribution in [2.45, 2.75) is 57.9 Å². The van der Waals surface area contributed by atoms with E-state index in [0.717, 1.165) is 30.5 Å². The minimum atomic E-state index is -0.389. The maximum absolute atomic E-state index is 15.3. The lowest BCUT2D eigenvalue weighted by molar-refractivity contribution is -0.142. The first-order chi connectivity index (χ1) is 18.4. The number of thiophene rings is 1. The zero-order valence-corrected chi connectivity index (χ0v) is 22.0. The molecule has 3 aromatic heterocycles. The highest BCUT2D eigenvalue weighted by Gasteiger charge is 2.45. The molecule has 4 heterocycles. The number of aromatic nitrogens is 3. The van der Waals surface area contributed by atoms with Crippen molar-refractivity contribution in [1.29, 1.82) is 0 Å². The first-order valence-electron chi connectivity index (χ1n) is 13.1. The normalized spacial score (nSPS) is 21.8. The zero-order chi connectivity index (χ0) is 26.1. The van der Waals surface area contributed by atoms with Crippen molar-refractivity contribution in [3.05, 3.63) is 75.0 Å². The second-order valence-electron chi connectivity index (χ2n) is 10.6. The van der Waals surface area contributed by atoms with Gasteiger partial charge in [-0.05, 0) is 79.3 Å². The van der Waals surface area contributed by atoms with E-state index in [0.29, 0.717) is 41.5 Å². The maximum atomic E-state index is 15.3. The fraction of sp³-hybridized carbons (Fsp3) is 0.400. The molecule has 3 aliphatic rings. The maximum Gasteiger partial charge on any atom is 0.309 e. The molecular weight excluding hydrogens is 515 g/mol. The van der Waals surface area contributed by atoms with Crippen molar-refractivity contribution in [2.24, 2.45) is 5.92 Å². The number of ether oxygens (including phenoxy) is 1. The second kappa shape index (κ2) is 9.55. The van der Waals surface area contributed by atoms with E-state index >= 15 is 4.39 Å². The predicted octanol–water partition coefficient (Wildman–Crippen LogP) is 6.15. The third-order valence-electron chi connectivity index (χ3n) is 8.20. The van der Waals surface area contributed by atoms with Gasteiger partial charge < -0.3 is 9.64 Å². The highest BCUT2D eigenvalue weighted by molar-refractivity contribution is 7.10. The van der Waals surface area contributed by atoms with Crippen LogP contribution in [-0.4, -0.2) is 45.0 Å². The summed E-state index contributed by atoms with van der Waals surface area (Å²) in [7, 11) is 1.38. The van der Waals surface area contributed by atoms with Crippen LogP contribution < -0.4 is 0 Å². The van der Waals surface area contributed by atoms with E-state index in [1.807, 2.05) is 17.0 Å². The lowest BCUT2D eigenvalue weighted by Crippen LogP contribution is -2.38. The number of hydrogen-bond acceptors (Lipinski definition) is 6. The van der Waals surface area contributed by atoms with E-state index in [1.165, 1.54) is 23.6 Å². The average Bonchev–Trinajstić information content (AvgIpc) is 3.83. The Bertz CT molecular complexity index is 1610. The zero-order valence-electron chi connectivity index (χ0n) is 21.2. The van der Waals surface area contributed by atoms with Gasteiger partial charge in [0.2, 0.25) is 0 Å². The number of halogens is 1. The molecule has 39 heavy (non-hydrogen) atoms. The van der Waals surface area contributed by atoms with Crippen LogP contribution in [-0.2, 0) is 16.0 Å². The van der Waals surface area contributed by atoms with E-state index in [1.54, 1.807) is 28.0 Å². The smallest absolute Gasteiger partial charge is 0.309 e. The minimum Gasteiger partial charge on any atom is -0.469 e. The largest absolute Gasteiger partial charge is 0.469 e. The lowest BCUT2D eigenvalue weighted by Gasteiger charge is -2.33. The lowest BCUT2D eigenvalue weighted by atomic mass is 10.0. The molecule has 1 aliphatic heterocycles. The summed E-state index contributed by atoms with van der Waals surface area (Å²) in [5, 5.41) is 6.81. The Morgan fingerprint density at radius 1 is 1.15 bits per heavy atom. The SMILES string of the molecule is C.COC(=O)[C@@H]1CC1c1ccc(-c2cc3nc(C(=O)N4CCc5sccc5C4C)cc(C4CC4)n3n2)c(F)c1. The number of methoxy groups -OCH3 is 1. The number of fused-ring (bicyclic) bond motifs is 2. The van der Waals surface area contributed by atoms with Crippen LogP contribution >= 0.6 is 11.3 Å². The number of hydrogen-bond donors (Lipinski definition) is 0. The van der Waals surface area contributed by atoms with Crippen molar-refractivity contribution in [3.8, 4) is 11.3 Å². The Morgan fingerprint density at radius 2 is 1.97 bits per heavy atom. The van der Waals surface area contributed by atoms with Gasteiger partial charge in [-0.15, -0.1) is 11.3 Å². The van der Waals surface area contributed by atoms with E-state index < -0.39 is 0 Å². The van der Waals surface area contributed by atoms with E-state index in [-0.39, 0.29) is 43.0 Å². The summed E-state index contributed by atoms with van der Waals surface area (Å²) in [4.78, 5) is 33.4. The number of carbonyl (C=O) groups is 2. The summed E-state index contributed by atoms with van der Waals surface area (Å²) in [5.74, 6) is -0.610. The Labute approximate surface area is 230 Å². The van der Waals surface area contributed by atoms with Gasteiger partial charge in [-0.2, -0.15) is 5.10 Å². The topological polar surface area (TPSA) is 76.8 Å². The van der Waals surface area contributed by atoms with Crippen molar-refractivity contribution in [1.82, 2.24) is 19.5 Å². The van der Waals surface area contributed by atoms with Crippen LogP contribution in [0.1, 0.15) is 83.7 Å². The summed E-state index contributed by atoms with van der Waals surface area (Å²) >= 11 is 1.75. The first-order valence-corrected chi connectivity index (χ1v) is 14.0. The van der Waals surface area contributed by atoms with E-state index in [4.69, 9.17) is 14.8 Å². The molecule has 2 fully saturated rings. The standard InChI is InChI=1S/C29H27FN4O3S.CH4/c1-15-18-8-10-38-26(18)7-9-33(15)28(35)24-13-25(16-3-4-16)34-27(31-24)14-23(32-34)19-6-5-17(11-22(19)30)20-12-21(20)29(36)37-2;/h5-6,8,10-11,13-16,20-21H,3-4,7,9,12H2,1-2H3;1H4/t15?,20?,21-;/m1./s1. The Hall–Kier alpha value is -3.59. The molecule has 9 heteroatoms. The van der Waals surface area contributed by atoms with Crippen molar-refractivity contribution >= 4 is 28.9 Å². The van der Waals surface area contributed by atoms with Gasteiger partial charge in [0.25, 0.3) is 5.91 Å². The quantitative estimate of drug-likeness (QED) is 0.281. The molecule has 4 aromatic rings. The number of nitrogens with zero attached hydrogens (tertiary/aromatic N) is 4. The van der Waals surface area contributed by atoms with Gasteiger partial charge in [0.1, 0.15) is 11.5 Å². The molecule has 0 saturated heterocycles. The molecule has 2 saturated carbocycles. The Morgan fingerprint density at radius 3 is 2.72 bits per heavy atom. The minimum absolute atomic E-state index is 0. The molecule has 3 atom stereocenters. The van der Waals surface area contributed by atoms with Crippen LogP contribution in [0.25, 0.3) is 16.9 Å². The molecule has 7 nitrogen and oxygen atoms in total. The van der Waals surface area contributed by atoms with Crippen LogP contribution in [0, 0.1) is 11.7 Å². The molecule has 7 rings (SSSR count). The van der Waals surface area contributed by atoms with E-state index in [9.17, 15) is 9.59 Å². The summed E-state index contributed by atoms with van der Waals surface area (Å²) < 4.78 is 21.9. The molecule has 0 N–H and O–H groups in total. The summed E-state index contributed by atoms with van der Waals surface area (Å²) in [5.41, 5.74) is 4.76. The second-order valence-corrected chi connectivity index (χ2v) is 11.6. The van der Waals surface area contributed by atoms with Crippen LogP contribution in [0.3, 0.4) is 0 Å². The molecule has 2 unspecified atom stereocenters. The molecule has 1 aromatic carbocycles. The summed E-state index contributed by atoms with van der Waals surface area (Å²) in [6.07, 6.45) is 3.60. The number of rotatable bonds is 5. The fourth-order valence-electron chi connectivity index (χ4n) is 5.79. The third kappa shape index (κ3) is 4.33. The van der Waals surface area contributed by atoms with Gasteiger partial charge >= 0.3 is 5.97 Å². The molecule has 0 spiro atoms.